The number of allylic oxidation sites excluding steroid dienone is 3. The quantitative estimate of drug-likeness (QED) is 0.341. The van der Waals surface area contributed by atoms with Crippen molar-refractivity contribution in [3.8, 4) is 0 Å². The Balaban J connectivity index is 2.31. The Kier molecular flexibility index (Phi) is 7.21. The Morgan fingerprint density at radius 1 is 0.840 bits per heavy atom. The van der Waals surface area contributed by atoms with Gasteiger partial charge in [0.15, 0.2) is 0 Å². The molecule has 0 radical (unpaired) electrons. The standard InChI is InChI=1S/C23H27ClN/c1-5-25(6-2)23(21-16-12-19(4)13-17-21)9-7-8-22(24)20-14-10-18(3)11-15-20/h7-17H,5-6H2,1-4H3/q+1/b9-7+,22-8+. The molecule has 0 saturated heterocycles. The van der Waals surface area contributed by atoms with Gasteiger partial charge >= 0.3 is 0 Å². The maximum absolute atomic E-state index is 6.44. The van der Waals surface area contributed by atoms with Crippen molar-refractivity contribution in [3.63, 3.8) is 0 Å². The Labute approximate surface area is 157 Å². The van der Waals surface area contributed by atoms with Gasteiger partial charge in [0, 0.05) is 16.7 Å². The second-order valence-electron chi connectivity index (χ2n) is 6.16. The molecule has 0 aliphatic rings. The van der Waals surface area contributed by atoms with E-state index in [1.165, 1.54) is 22.4 Å². The van der Waals surface area contributed by atoms with E-state index in [-0.39, 0.29) is 0 Å². The average molecular weight is 353 g/mol. The first kappa shape index (κ1) is 19.2. The van der Waals surface area contributed by atoms with E-state index in [0.29, 0.717) is 0 Å². The largest absolute Gasteiger partial charge is 0.230 e. The zero-order chi connectivity index (χ0) is 18.2. The lowest BCUT2D eigenvalue weighted by Gasteiger charge is -2.05. The van der Waals surface area contributed by atoms with Gasteiger partial charge in [-0.25, -0.2) is 4.58 Å². The van der Waals surface area contributed by atoms with E-state index < -0.39 is 0 Å². The van der Waals surface area contributed by atoms with Gasteiger partial charge in [0.1, 0.15) is 13.1 Å². The van der Waals surface area contributed by atoms with Crippen molar-refractivity contribution in [1.29, 1.82) is 0 Å². The summed E-state index contributed by atoms with van der Waals surface area (Å²) in [6, 6.07) is 16.9. The molecule has 0 fully saturated rings. The molecule has 2 aromatic rings. The second kappa shape index (κ2) is 9.39. The van der Waals surface area contributed by atoms with Crippen LogP contribution in [-0.2, 0) is 0 Å². The van der Waals surface area contributed by atoms with Gasteiger partial charge in [0.05, 0.1) is 0 Å². The summed E-state index contributed by atoms with van der Waals surface area (Å²) in [7, 11) is 0. The van der Waals surface area contributed by atoms with E-state index in [1.807, 2.05) is 12.2 Å². The van der Waals surface area contributed by atoms with Crippen LogP contribution in [0.1, 0.15) is 36.1 Å². The van der Waals surface area contributed by atoms with E-state index in [4.69, 9.17) is 11.6 Å². The predicted molar refractivity (Wildman–Crippen MR) is 111 cm³/mol. The third-order valence-electron chi connectivity index (χ3n) is 4.28. The Morgan fingerprint density at radius 3 is 1.80 bits per heavy atom. The van der Waals surface area contributed by atoms with Crippen LogP contribution in [0.2, 0.25) is 0 Å². The van der Waals surface area contributed by atoms with E-state index in [9.17, 15) is 0 Å². The molecule has 0 spiro atoms. The van der Waals surface area contributed by atoms with E-state index in [1.54, 1.807) is 0 Å². The van der Waals surface area contributed by atoms with Crippen molar-refractivity contribution >= 4 is 22.3 Å². The Bertz CT molecular complexity index is 772. The van der Waals surface area contributed by atoms with Crippen LogP contribution in [0.25, 0.3) is 5.03 Å². The van der Waals surface area contributed by atoms with Gasteiger partial charge in [0.25, 0.3) is 0 Å². The molecular formula is C23H27ClN+. The van der Waals surface area contributed by atoms with Gasteiger partial charge in [-0.2, -0.15) is 0 Å². The van der Waals surface area contributed by atoms with Crippen LogP contribution in [0, 0.1) is 13.8 Å². The smallest absolute Gasteiger partial charge is 0.207 e. The van der Waals surface area contributed by atoms with Crippen molar-refractivity contribution in [2.45, 2.75) is 27.7 Å². The lowest BCUT2D eigenvalue weighted by Crippen LogP contribution is -2.20. The number of hydrogen-bond acceptors (Lipinski definition) is 0. The van der Waals surface area contributed by atoms with Gasteiger partial charge in [-0.15, -0.1) is 0 Å². The monoisotopic (exact) mass is 352 g/mol. The fraction of sp³-hybridized carbons (Fsp3) is 0.261. The molecular weight excluding hydrogens is 326 g/mol. The SMILES string of the molecule is CC[N+](CC)=C(/C=C/C=C(/Cl)c1ccc(C)cc1)c1ccc(C)cc1. The molecule has 2 heteroatoms. The van der Waals surface area contributed by atoms with Crippen molar-refractivity contribution in [2.24, 2.45) is 0 Å². The maximum Gasteiger partial charge on any atom is 0.207 e. The number of nitrogens with zero attached hydrogens (tertiary/aromatic N) is 1. The lowest BCUT2D eigenvalue weighted by molar-refractivity contribution is -0.519. The van der Waals surface area contributed by atoms with Crippen molar-refractivity contribution in [3.05, 3.63) is 89.0 Å². The molecule has 25 heavy (non-hydrogen) atoms. The highest BCUT2D eigenvalue weighted by molar-refractivity contribution is 6.48. The fourth-order valence-electron chi connectivity index (χ4n) is 2.71. The van der Waals surface area contributed by atoms with Crippen LogP contribution in [-0.4, -0.2) is 23.4 Å². The van der Waals surface area contributed by atoms with Crippen LogP contribution in [0.15, 0.2) is 66.8 Å². The third-order valence-corrected chi connectivity index (χ3v) is 4.62. The zero-order valence-electron chi connectivity index (χ0n) is 15.6. The van der Waals surface area contributed by atoms with Crippen LogP contribution in [0.5, 0.6) is 0 Å². The van der Waals surface area contributed by atoms with Crippen LogP contribution < -0.4 is 0 Å². The summed E-state index contributed by atoms with van der Waals surface area (Å²) >= 11 is 6.44. The molecule has 0 aliphatic heterocycles. The summed E-state index contributed by atoms with van der Waals surface area (Å²) in [5.74, 6) is 0. The topological polar surface area (TPSA) is 3.01 Å². The summed E-state index contributed by atoms with van der Waals surface area (Å²) in [5, 5.41) is 0.749. The Hall–Kier alpha value is -2.12. The number of hydrogen-bond donors (Lipinski definition) is 0. The molecule has 1 nitrogen and oxygen atoms in total. The fourth-order valence-corrected chi connectivity index (χ4v) is 2.90. The highest BCUT2D eigenvalue weighted by atomic mass is 35.5. The minimum atomic E-state index is 0.749. The number of halogens is 1. The molecule has 0 saturated carbocycles. The van der Waals surface area contributed by atoms with Gasteiger partial charge in [-0.1, -0.05) is 65.2 Å². The zero-order valence-corrected chi connectivity index (χ0v) is 16.3. The first-order chi connectivity index (χ1) is 12.0. The highest BCUT2D eigenvalue weighted by Gasteiger charge is 2.11. The molecule has 0 heterocycles. The predicted octanol–water partition coefficient (Wildman–Crippen LogP) is 5.98. The molecule has 2 aromatic carbocycles. The summed E-state index contributed by atoms with van der Waals surface area (Å²) < 4.78 is 2.36. The average Bonchev–Trinajstić information content (AvgIpc) is 2.62. The molecule has 2 rings (SSSR count). The minimum Gasteiger partial charge on any atom is -0.230 e. The third kappa shape index (κ3) is 5.44. The second-order valence-corrected chi connectivity index (χ2v) is 6.57. The number of benzene rings is 2. The molecule has 0 N–H and O–H groups in total. The molecule has 0 aromatic heterocycles. The molecule has 130 valence electrons. The summed E-state index contributed by atoms with van der Waals surface area (Å²) in [4.78, 5) is 0. The van der Waals surface area contributed by atoms with Crippen LogP contribution >= 0.6 is 11.6 Å². The molecule has 0 amide bonds. The van der Waals surface area contributed by atoms with Gasteiger partial charge < -0.3 is 0 Å². The number of aryl methyl sites for hydroxylation is 2. The summed E-state index contributed by atoms with van der Waals surface area (Å²) in [6.45, 7) is 10.5. The summed E-state index contributed by atoms with van der Waals surface area (Å²) in [5.41, 5.74) is 5.99. The Morgan fingerprint density at radius 2 is 1.32 bits per heavy atom. The van der Waals surface area contributed by atoms with E-state index >= 15 is 0 Å². The minimum absolute atomic E-state index is 0.749. The van der Waals surface area contributed by atoms with Crippen LogP contribution in [0.3, 0.4) is 0 Å². The molecule has 0 aliphatic carbocycles. The van der Waals surface area contributed by atoms with E-state index in [0.717, 1.165) is 23.7 Å². The van der Waals surface area contributed by atoms with Gasteiger partial charge in [0.2, 0.25) is 5.71 Å². The van der Waals surface area contributed by atoms with Crippen LogP contribution in [0.4, 0.5) is 0 Å². The molecule has 0 bridgehead atoms. The maximum atomic E-state index is 6.44. The number of rotatable bonds is 6. The van der Waals surface area contributed by atoms with E-state index in [2.05, 4.69) is 86.9 Å². The van der Waals surface area contributed by atoms with Crippen molar-refractivity contribution < 1.29 is 4.58 Å². The van der Waals surface area contributed by atoms with Crippen molar-refractivity contribution in [2.75, 3.05) is 13.1 Å². The first-order valence-corrected chi connectivity index (χ1v) is 9.22. The highest BCUT2D eigenvalue weighted by Crippen LogP contribution is 2.19. The van der Waals surface area contributed by atoms with Gasteiger partial charge in [-0.05, 0) is 51.5 Å². The first-order valence-electron chi connectivity index (χ1n) is 8.85. The lowest BCUT2D eigenvalue weighted by atomic mass is 10.1. The van der Waals surface area contributed by atoms with Gasteiger partial charge in [-0.3, -0.25) is 0 Å². The molecule has 0 atom stereocenters. The normalized spacial score (nSPS) is 11.8. The summed E-state index contributed by atoms with van der Waals surface area (Å²) in [6.07, 6.45) is 6.15. The van der Waals surface area contributed by atoms with Crippen molar-refractivity contribution in [1.82, 2.24) is 0 Å². The molecule has 0 unspecified atom stereocenters.